The highest BCUT2D eigenvalue weighted by atomic mass is 33.1. The fourth-order valence-electron chi connectivity index (χ4n) is 8.28. The number of rotatable bonds is 18. The summed E-state index contributed by atoms with van der Waals surface area (Å²) < 4.78 is 14.2. The smallest absolute Gasteiger partial charge is 0.244 e. The Balaban J connectivity index is 1.42. The lowest BCUT2D eigenvalue weighted by Crippen LogP contribution is -2.61. The van der Waals surface area contributed by atoms with Crippen LogP contribution in [0, 0.1) is 5.82 Å². The molecule has 0 radical (unpaired) electrons. The second-order valence-corrected chi connectivity index (χ2v) is 21.0. The minimum atomic E-state index is -1.60. The third-order valence-electron chi connectivity index (χ3n) is 12.4. The Morgan fingerprint density at radius 2 is 1.37 bits per heavy atom. The van der Waals surface area contributed by atoms with E-state index in [9.17, 15) is 47.9 Å². The van der Waals surface area contributed by atoms with Crippen molar-refractivity contribution in [2.24, 2.45) is 27.9 Å². The largest absolute Gasteiger partial charge is 0.391 e. The Hall–Kier alpha value is -8.01. The minimum absolute atomic E-state index is 0.0115. The van der Waals surface area contributed by atoms with Gasteiger partial charge in [0.15, 0.2) is 5.96 Å². The summed E-state index contributed by atoms with van der Waals surface area (Å²) in [6, 6.07) is 9.66. The molecule has 78 heavy (non-hydrogen) atoms. The predicted octanol–water partition coefficient (Wildman–Crippen LogP) is -1.66. The van der Waals surface area contributed by atoms with Crippen molar-refractivity contribution in [2.75, 3.05) is 18.1 Å². The molecule has 1 fully saturated rings. The topological polar surface area (TPSA) is 402 Å². The van der Waals surface area contributed by atoms with Gasteiger partial charge in [0.2, 0.25) is 47.3 Å². The first-order valence-electron chi connectivity index (χ1n) is 24.8. The molecule has 24 nitrogen and oxygen atoms in total. The van der Waals surface area contributed by atoms with Gasteiger partial charge >= 0.3 is 0 Å². The number of fused-ring (bicyclic) bond motifs is 1. The number of aromatic amines is 2. The van der Waals surface area contributed by atoms with Gasteiger partial charge in [0.25, 0.3) is 0 Å². The first-order chi connectivity index (χ1) is 37.3. The molecule has 2 aromatic heterocycles. The summed E-state index contributed by atoms with van der Waals surface area (Å²) in [6.45, 7) is 1.24. The van der Waals surface area contributed by atoms with Crippen LogP contribution in [0.3, 0.4) is 0 Å². The average Bonchev–Trinajstić information content (AvgIpc) is 4.09. The Kier molecular flexibility index (Phi) is 22.0. The van der Waals surface area contributed by atoms with Crippen molar-refractivity contribution < 1.29 is 47.9 Å². The summed E-state index contributed by atoms with van der Waals surface area (Å²) in [7, 11) is 1.96. The highest BCUT2D eigenvalue weighted by molar-refractivity contribution is 8.76. The van der Waals surface area contributed by atoms with Crippen LogP contribution in [0.4, 0.5) is 4.39 Å². The highest BCUT2D eigenvalue weighted by Gasteiger charge is 2.36. The lowest BCUT2D eigenvalue weighted by atomic mass is 10.0. The molecule has 0 aliphatic carbocycles. The number of hydrogen-bond donors (Lipinski definition) is 14. The number of hydrogen-bond acceptors (Lipinski definition) is 14. The van der Waals surface area contributed by atoms with Crippen LogP contribution >= 0.6 is 21.6 Å². The van der Waals surface area contributed by atoms with E-state index in [-0.39, 0.29) is 62.5 Å². The number of aliphatic hydroxyl groups is 1. The van der Waals surface area contributed by atoms with Crippen LogP contribution in [0.2, 0.25) is 0 Å². The van der Waals surface area contributed by atoms with Crippen LogP contribution in [-0.4, -0.2) is 146 Å². The van der Waals surface area contributed by atoms with E-state index in [2.05, 4.69) is 57.2 Å². The number of aromatic nitrogens is 3. The van der Waals surface area contributed by atoms with Gasteiger partial charge in [-0.2, -0.15) is 0 Å². The second kappa shape index (κ2) is 28.9. The summed E-state index contributed by atoms with van der Waals surface area (Å²) in [6.07, 6.45) is 2.41. The van der Waals surface area contributed by atoms with Gasteiger partial charge < -0.3 is 75.2 Å². The van der Waals surface area contributed by atoms with Crippen LogP contribution < -0.4 is 60.2 Å². The molecule has 0 spiro atoms. The van der Waals surface area contributed by atoms with E-state index in [1.807, 2.05) is 0 Å². The standard InChI is InChI=1S/C51H64FN15O9S2/c1-27(68)42(43(54)69)67-50(76)41-25-78-77-24-40(65-44(70)34(53)18-28-8-3-2-4-9-28)49(75)64-39(21-32-23-57-26-60-32)48(74)62-37(19-29-13-15-31(52)16-14-29)46(72)61-36(12-7-17-58-51(55)56)45(71)63-38(47(73)66-41)20-30-22-59-35-11-6-5-10-33(30)35/h2-6,8-11,13-16,22-23,26-27,34,36-42,59,68H,7,12,17-21,24-25,53H2,1H3,(H2,54,69)(H,57,60)(H,61,72)(H,62,74)(H,63,71)(H,64,75)(H,65,70)(H,66,73)(H,67,76)(H4,55,56,58)/t27-,34-,36+,37+,38-,39+,40+,41+,42+/m1/s1. The molecule has 416 valence electrons. The number of amides is 8. The van der Waals surface area contributed by atoms with E-state index in [1.54, 1.807) is 60.8 Å². The zero-order valence-electron chi connectivity index (χ0n) is 42.4. The molecule has 27 heteroatoms. The molecule has 6 rings (SSSR count). The Labute approximate surface area is 455 Å². The van der Waals surface area contributed by atoms with Gasteiger partial charge in [-0.05, 0) is 61.1 Å². The number of carbonyl (C=O) groups excluding carboxylic acids is 8. The zero-order valence-corrected chi connectivity index (χ0v) is 44.0. The average molecular weight is 1110 g/mol. The monoisotopic (exact) mass is 1110 g/mol. The Morgan fingerprint density at radius 1 is 0.756 bits per heavy atom. The SMILES string of the molecule is C[C@@H](O)[C@H](NC(=O)[C@@H]1CSSC[C@H](NC(=O)[C@H](N)Cc2ccccc2)C(=O)N[C@@H](Cc2cnc[nH]2)C(=O)N[C@@H](Cc2ccc(F)cc2)C(=O)N[C@@H](CCCN=C(N)N)C(=O)N[C@H](Cc2c[nH]c3ccccc23)C(=O)N1)C(N)=O. The molecule has 9 atom stereocenters. The molecule has 1 saturated heterocycles. The quantitative estimate of drug-likeness (QED) is 0.0202. The number of nitrogens with two attached hydrogens (primary N) is 4. The number of nitrogens with zero attached hydrogens (tertiary/aromatic N) is 2. The number of primary amides is 1. The summed E-state index contributed by atoms with van der Waals surface area (Å²) in [5.74, 6) is -8.48. The normalized spacial score (nSPS) is 21.3. The fourth-order valence-corrected chi connectivity index (χ4v) is 10.6. The van der Waals surface area contributed by atoms with Gasteiger partial charge in [-0.15, -0.1) is 0 Å². The fraction of sp³-hybridized carbons (Fsp3) is 0.373. The number of guanidine groups is 1. The lowest BCUT2D eigenvalue weighted by molar-refractivity contribution is -0.135. The minimum Gasteiger partial charge on any atom is -0.391 e. The lowest BCUT2D eigenvalue weighted by Gasteiger charge is -2.28. The van der Waals surface area contributed by atoms with Crippen LogP contribution in [0.15, 0.2) is 103 Å². The molecule has 1 aliphatic rings. The van der Waals surface area contributed by atoms with E-state index < -0.39 is 108 Å². The van der Waals surface area contributed by atoms with Gasteiger partial charge in [-0.1, -0.05) is 82.3 Å². The van der Waals surface area contributed by atoms with Crippen LogP contribution in [0.5, 0.6) is 0 Å². The number of nitrogens with one attached hydrogen (secondary N) is 9. The molecule has 8 amide bonds. The maximum atomic E-state index is 14.7. The van der Waals surface area contributed by atoms with Crippen molar-refractivity contribution in [1.29, 1.82) is 0 Å². The molecule has 0 bridgehead atoms. The van der Waals surface area contributed by atoms with E-state index in [1.165, 1.54) is 31.6 Å². The Bertz CT molecular complexity index is 2890. The van der Waals surface area contributed by atoms with Crippen molar-refractivity contribution >= 4 is 85.7 Å². The van der Waals surface area contributed by atoms with Crippen molar-refractivity contribution in [3.63, 3.8) is 0 Å². The highest BCUT2D eigenvalue weighted by Crippen LogP contribution is 2.25. The number of halogens is 1. The molecule has 3 heterocycles. The summed E-state index contributed by atoms with van der Waals surface area (Å²) in [5.41, 5.74) is 25.9. The maximum Gasteiger partial charge on any atom is 0.244 e. The third-order valence-corrected chi connectivity index (χ3v) is 14.9. The van der Waals surface area contributed by atoms with Crippen molar-refractivity contribution in [1.82, 2.24) is 52.2 Å². The van der Waals surface area contributed by atoms with E-state index in [0.29, 0.717) is 27.7 Å². The van der Waals surface area contributed by atoms with Crippen LogP contribution in [0.1, 0.15) is 42.1 Å². The molecule has 5 aromatic rings. The maximum absolute atomic E-state index is 14.7. The van der Waals surface area contributed by atoms with Crippen molar-refractivity contribution in [3.8, 4) is 0 Å². The van der Waals surface area contributed by atoms with Crippen LogP contribution in [-0.2, 0) is 64.0 Å². The number of H-pyrrole nitrogens is 2. The van der Waals surface area contributed by atoms with Gasteiger partial charge in [0, 0.05) is 66.3 Å². The second-order valence-electron chi connectivity index (χ2n) is 18.5. The summed E-state index contributed by atoms with van der Waals surface area (Å²) in [4.78, 5) is 128. The predicted molar refractivity (Wildman–Crippen MR) is 292 cm³/mol. The first kappa shape index (κ1) is 59.2. The van der Waals surface area contributed by atoms with Crippen molar-refractivity contribution in [2.45, 2.75) is 99.9 Å². The first-order valence-corrected chi connectivity index (χ1v) is 27.3. The molecule has 1 aliphatic heterocycles. The van der Waals surface area contributed by atoms with E-state index >= 15 is 0 Å². The van der Waals surface area contributed by atoms with Crippen LogP contribution in [0.25, 0.3) is 10.9 Å². The molecular weight excluding hydrogens is 1050 g/mol. The Morgan fingerprint density at radius 3 is 2.04 bits per heavy atom. The molecular formula is C51H64FN15O9S2. The number of aliphatic hydroxyl groups excluding tert-OH is 1. The van der Waals surface area contributed by atoms with Gasteiger partial charge in [0.1, 0.15) is 48.1 Å². The van der Waals surface area contributed by atoms with E-state index in [0.717, 1.165) is 39.3 Å². The molecule has 18 N–H and O–H groups in total. The number of carbonyl (C=O) groups is 8. The molecule has 0 unspecified atom stereocenters. The molecule has 3 aromatic carbocycles. The summed E-state index contributed by atoms with van der Waals surface area (Å²) in [5, 5.41) is 29.7. The number of aliphatic imine (C=N–C) groups is 1. The van der Waals surface area contributed by atoms with Crippen molar-refractivity contribution in [3.05, 3.63) is 126 Å². The molecule has 0 saturated carbocycles. The summed E-state index contributed by atoms with van der Waals surface area (Å²) >= 11 is 0. The van der Waals surface area contributed by atoms with Gasteiger partial charge in [-0.25, -0.2) is 9.37 Å². The van der Waals surface area contributed by atoms with Gasteiger partial charge in [-0.3, -0.25) is 43.3 Å². The zero-order chi connectivity index (χ0) is 56.3. The van der Waals surface area contributed by atoms with E-state index in [4.69, 9.17) is 22.9 Å². The number of benzene rings is 3. The third kappa shape index (κ3) is 17.8. The number of imidazole rings is 1. The van der Waals surface area contributed by atoms with Gasteiger partial charge in [0.05, 0.1) is 18.5 Å². The number of para-hydroxylation sites is 1.